The first-order valence-corrected chi connectivity index (χ1v) is 5.22. The lowest BCUT2D eigenvalue weighted by Crippen LogP contribution is -1.81. The number of rotatable bonds is 2. The molecule has 0 aliphatic carbocycles. The van der Waals surface area contributed by atoms with Crippen LogP contribution in [0, 0.1) is 0 Å². The fourth-order valence-electron chi connectivity index (χ4n) is 1.83. The summed E-state index contributed by atoms with van der Waals surface area (Å²) in [5, 5.41) is 8.17. The second-order valence-corrected chi connectivity index (χ2v) is 3.73. The smallest absolute Gasteiger partial charge is 0.150 e. The summed E-state index contributed by atoms with van der Waals surface area (Å²) in [5.74, 6) is 0. The van der Waals surface area contributed by atoms with E-state index in [0.717, 1.165) is 28.4 Å². The number of H-pyrrole nitrogens is 1. The van der Waals surface area contributed by atoms with Gasteiger partial charge in [-0.15, -0.1) is 0 Å². The molecule has 17 heavy (non-hydrogen) atoms. The molecule has 0 saturated carbocycles. The molecule has 0 spiro atoms. The Balaban J connectivity index is 2.27. The number of carbonyl (C=O) groups excluding carboxylic acids is 1. The van der Waals surface area contributed by atoms with Crippen molar-refractivity contribution in [2.75, 3.05) is 0 Å². The van der Waals surface area contributed by atoms with Gasteiger partial charge in [0.25, 0.3) is 0 Å². The molecule has 4 heteroatoms. The van der Waals surface area contributed by atoms with E-state index < -0.39 is 0 Å². The highest BCUT2D eigenvalue weighted by atomic mass is 16.1. The molecule has 1 N–H and O–H groups in total. The molecule has 0 aliphatic rings. The summed E-state index contributed by atoms with van der Waals surface area (Å²) in [5.41, 5.74) is 3.39. The van der Waals surface area contributed by atoms with E-state index in [2.05, 4.69) is 15.2 Å². The number of aromatic amines is 1. The van der Waals surface area contributed by atoms with Crippen molar-refractivity contribution < 1.29 is 4.79 Å². The molecule has 82 valence electrons. The molecule has 0 amide bonds. The highest BCUT2D eigenvalue weighted by Crippen LogP contribution is 2.26. The number of aromatic nitrogens is 3. The summed E-state index contributed by atoms with van der Waals surface area (Å²) in [6.45, 7) is 0. The third-order valence-electron chi connectivity index (χ3n) is 2.68. The van der Waals surface area contributed by atoms with Gasteiger partial charge in [-0.05, 0) is 30.3 Å². The van der Waals surface area contributed by atoms with Crippen LogP contribution in [0.1, 0.15) is 10.4 Å². The first-order valence-electron chi connectivity index (χ1n) is 5.22. The molecular formula is C13H9N3O. The lowest BCUT2D eigenvalue weighted by atomic mass is 10.1. The summed E-state index contributed by atoms with van der Waals surface area (Å²) < 4.78 is 0. The SMILES string of the molecule is O=Cc1ccc2[nH]nc(-c3ccncc3)c2c1. The van der Waals surface area contributed by atoms with Crippen molar-refractivity contribution in [1.29, 1.82) is 0 Å². The molecule has 4 nitrogen and oxygen atoms in total. The summed E-state index contributed by atoms with van der Waals surface area (Å²) in [6.07, 6.45) is 4.28. The Morgan fingerprint density at radius 1 is 1.12 bits per heavy atom. The standard InChI is InChI=1S/C13H9N3O/c17-8-9-1-2-12-11(7-9)13(16-15-12)10-3-5-14-6-4-10/h1-8H,(H,15,16). The Labute approximate surface area is 97.3 Å². The van der Waals surface area contributed by atoms with Gasteiger partial charge in [0.2, 0.25) is 0 Å². The van der Waals surface area contributed by atoms with Crippen LogP contribution in [-0.2, 0) is 0 Å². The van der Waals surface area contributed by atoms with E-state index in [-0.39, 0.29) is 0 Å². The number of fused-ring (bicyclic) bond motifs is 1. The van der Waals surface area contributed by atoms with Gasteiger partial charge in [0.05, 0.1) is 5.52 Å². The summed E-state index contributed by atoms with van der Waals surface area (Å²) in [6, 6.07) is 9.24. The Hall–Kier alpha value is -2.49. The van der Waals surface area contributed by atoms with Crippen LogP contribution in [0.3, 0.4) is 0 Å². The topological polar surface area (TPSA) is 58.6 Å². The van der Waals surface area contributed by atoms with Crippen LogP contribution in [0.5, 0.6) is 0 Å². The summed E-state index contributed by atoms with van der Waals surface area (Å²) in [4.78, 5) is 14.8. The minimum atomic E-state index is 0.647. The van der Waals surface area contributed by atoms with Crippen molar-refractivity contribution in [3.05, 3.63) is 48.3 Å². The van der Waals surface area contributed by atoms with Crippen LogP contribution in [0.15, 0.2) is 42.7 Å². The maximum atomic E-state index is 10.8. The van der Waals surface area contributed by atoms with Gasteiger partial charge in [-0.1, -0.05) is 0 Å². The number of aldehydes is 1. The van der Waals surface area contributed by atoms with Crippen LogP contribution in [-0.4, -0.2) is 21.5 Å². The maximum Gasteiger partial charge on any atom is 0.150 e. The Morgan fingerprint density at radius 2 is 1.94 bits per heavy atom. The number of nitrogens with zero attached hydrogens (tertiary/aromatic N) is 2. The van der Waals surface area contributed by atoms with Crippen molar-refractivity contribution in [2.45, 2.75) is 0 Å². The predicted molar refractivity (Wildman–Crippen MR) is 64.7 cm³/mol. The second-order valence-electron chi connectivity index (χ2n) is 3.73. The van der Waals surface area contributed by atoms with E-state index in [9.17, 15) is 4.79 Å². The quantitative estimate of drug-likeness (QED) is 0.679. The number of hydrogen-bond donors (Lipinski definition) is 1. The molecule has 0 unspecified atom stereocenters. The lowest BCUT2D eigenvalue weighted by Gasteiger charge is -1.97. The maximum absolute atomic E-state index is 10.8. The molecule has 2 heterocycles. The molecule has 0 bridgehead atoms. The Bertz CT molecular complexity index is 673. The zero-order valence-electron chi connectivity index (χ0n) is 8.92. The summed E-state index contributed by atoms with van der Waals surface area (Å²) >= 11 is 0. The number of pyridine rings is 1. The number of nitrogens with one attached hydrogen (secondary N) is 1. The van der Waals surface area contributed by atoms with Gasteiger partial charge in [-0.25, -0.2) is 0 Å². The summed E-state index contributed by atoms with van der Waals surface area (Å²) in [7, 11) is 0. The molecule has 1 aromatic carbocycles. The Kier molecular flexibility index (Phi) is 2.19. The molecule has 0 radical (unpaired) electrons. The Morgan fingerprint density at radius 3 is 2.71 bits per heavy atom. The third kappa shape index (κ3) is 1.59. The van der Waals surface area contributed by atoms with Crippen LogP contribution in [0.4, 0.5) is 0 Å². The normalized spacial score (nSPS) is 10.6. The minimum absolute atomic E-state index is 0.647. The van der Waals surface area contributed by atoms with E-state index in [1.165, 1.54) is 0 Å². The lowest BCUT2D eigenvalue weighted by molar-refractivity contribution is 0.112. The fraction of sp³-hybridized carbons (Fsp3) is 0. The van der Waals surface area contributed by atoms with Crippen LogP contribution < -0.4 is 0 Å². The molecule has 0 saturated heterocycles. The number of benzene rings is 1. The highest BCUT2D eigenvalue weighted by Gasteiger charge is 2.08. The van der Waals surface area contributed by atoms with Gasteiger partial charge in [0, 0.05) is 28.9 Å². The first kappa shape index (κ1) is 9.72. The van der Waals surface area contributed by atoms with Crippen LogP contribution in [0.25, 0.3) is 22.2 Å². The molecule has 0 aliphatic heterocycles. The molecule has 3 aromatic rings. The highest BCUT2D eigenvalue weighted by molar-refractivity contribution is 5.96. The molecule has 0 fully saturated rings. The average Bonchev–Trinajstić information content (AvgIpc) is 2.82. The van der Waals surface area contributed by atoms with Gasteiger partial charge in [0.1, 0.15) is 12.0 Å². The van der Waals surface area contributed by atoms with Gasteiger partial charge >= 0.3 is 0 Å². The van der Waals surface area contributed by atoms with Gasteiger partial charge in [0.15, 0.2) is 0 Å². The number of hydrogen-bond acceptors (Lipinski definition) is 3. The zero-order chi connectivity index (χ0) is 11.7. The first-order chi connectivity index (χ1) is 8.38. The molecular weight excluding hydrogens is 214 g/mol. The molecule has 3 rings (SSSR count). The van der Waals surface area contributed by atoms with Crippen molar-refractivity contribution >= 4 is 17.2 Å². The number of carbonyl (C=O) groups is 1. The zero-order valence-corrected chi connectivity index (χ0v) is 8.92. The van der Waals surface area contributed by atoms with E-state index in [1.807, 2.05) is 24.3 Å². The minimum Gasteiger partial charge on any atom is -0.298 e. The third-order valence-corrected chi connectivity index (χ3v) is 2.68. The average molecular weight is 223 g/mol. The largest absolute Gasteiger partial charge is 0.298 e. The molecule has 0 atom stereocenters. The van der Waals surface area contributed by atoms with Crippen molar-refractivity contribution in [1.82, 2.24) is 15.2 Å². The van der Waals surface area contributed by atoms with E-state index in [1.54, 1.807) is 18.5 Å². The predicted octanol–water partition coefficient (Wildman–Crippen LogP) is 2.44. The van der Waals surface area contributed by atoms with E-state index >= 15 is 0 Å². The van der Waals surface area contributed by atoms with Crippen molar-refractivity contribution in [3.8, 4) is 11.3 Å². The van der Waals surface area contributed by atoms with Crippen LogP contribution in [0.2, 0.25) is 0 Å². The van der Waals surface area contributed by atoms with Crippen molar-refractivity contribution in [3.63, 3.8) is 0 Å². The van der Waals surface area contributed by atoms with Gasteiger partial charge < -0.3 is 0 Å². The van der Waals surface area contributed by atoms with Gasteiger partial charge in [-0.3, -0.25) is 14.9 Å². The van der Waals surface area contributed by atoms with Crippen LogP contribution >= 0.6 is 0 Å². The van der Waals surface area contributed by atoms with Gasteiger partial charge in [-0.2, -0.15) is 5.10 Å². The van der Waals surface area contributed by atoms with E-state index in [0.29, 0.717) is 5.56 Å². The van der Waals surface area contributed by atoms with E-state index in [4.69, 9.17) is 0 Å². The second kappa shape index (κ2) is 3.83. The fourth-order valence-corrected chi connectivity index (χ4v) is 1.83. The molecule has 2 aromatic heterocycles. The monoisotopic (exact) mass is 223 g/mol. The van der Waals surface area contributed by atoms with Crippen molar-refractivity contribution in [2.24, 2.45) is 0 Å².